The zero-order valence-electron chi connectivity index (χ0n) is 19.0. The monoisotopic (exact) mass is 452 g/mol. The molecule has 0 aromatic heterocycles. The molecule has 0 radical (unpaired) electrons. The van der Waals surface area contributed by atoms with Gasteiger partial charge in [-0.05, 0) is 80.8 Å². The number of amides is 1. The molecule has 0 unspecified atom stereocenters. The fourth-order valence-electron chi connectivity index (χ4n) is 3.41. The van der Waals surface area contributed by atoms with E-state index in [9.17, 15) is 13.2 Å². The van der Waals surface area contributed by atoms with Crippen molar-refractivity contribution in [3.05, 3.63) is 82.9 Å². The van der Waals surface area contributed by atoms with E-state index in [-0.39, 0.29) is 10.8 Å². The highest BCUT2D eigenvalue weighted by atomic mass is 32.2. The number of sulfonamides is 1. The number of para-hydroxylation sites is 1. The molecule has 3 rings (SSSR count). The Morgan fingerprint density at radius 1 is 0.938 bits per heavy atom. The highest BCUT2D eigenvalue weighted by Crippen LogP contribution is 2.27. The van der Waals surface area contributed by atoms with Crippen LogP contribution in [0.15, 0.2) is 65.6 Å². The third kappa shape index (κ3) is 4.78. The third-order valence-corrected chi connectivity index (χ3v) is 7.12. The van der Waals surface area contributed by atoms with Crippen LogP contribution in [0.3, 0.4) is 0 Å². The highest BCUT2D eigenvalue weighted by Gasteiger charge is 2.24. The van der Waals surface area contributed by atoms with Crippen molar-refractivity contribution in [3.8, 4) is 5.75 Å². The average molecular weight is 453 g/mol. The minimum absolute atomic E-state index is 0.0474. The molecule has 0 heterocycles. The first-order valence-corrected chi connectivity index (χ1v) is 11.8. The summed E-state index contributed by atoms with van der Waals surface area (Å²) in [6.45, 7) is 8.04. The molecule has 32 heavy (non-hydrogen) atoms. The lowest BCUT2D eigenvalue weighted by Crippen LogP contribution is -2.27. The van der Waals surface area contributed by atoms with Gasteiger partial charge in [-0.1, -0.05) is 24.3 Å². The predicted molar refractivity (Wildman–Crippen MR) is 128 cm³/mol. The van der Waals surface area contributed by atoms with Gasteiger partial charge in [-0.2, -0.15) is 0 Å². The predicted octanol–water partition coefficient (Wildman–Crippen LogP) is 5.09. The molecular formula is C25H28N2O4S. The van der Waals surface area contributed by atoms with E-state index in [1.165, 1.54) is 23.5 Å². The quantitative estimate of drug-likeness (QED) is 0.542. The van der Waals surface area contributed by atoms with Gasteiger partial charge in [-0.15, -0.1) is 0 Å². The Balaban J connectivity index is 1.91. The Morgan fingerprint density at radius 3 is 2.16 bits per heavy atom. The normalized spacial score (nSPS) is 11.2. The number of nitrogens with zero attached hydrogens (tertiary/aromatic N) is 1. The SMILES string of the molecule is CCOc1ccc(N(C)S(=O)(=O)c2ccc(C)c(C(=O)Nc3c(C)cccc3C)c2)cc1. The molecular weight excluding hydrogens is 424 g/mol. The molecule has 0 aliphatic heterocycles. The fourth-order valence-corrected chi connectivity index (χ4v) is 4.64. The number of nitrogens with one attached hydrogen (secondary N) is 1. The van der Waals surface area contributed by atoms with E-state index in [1.54, 1.807) is 37.3 Å². The van der Waals surface area contributed by atoms with E-state index in [1.807, 2.05) is 39.0 Å². The second-order valence-corrected chi connectivity index (χ2v) is 9.57. The molecule has 7 heteroatoms. The van der Waals surface area contributed by atoms with Crippen molar-refractivity contribution in [2.75, 3.05) is 23.3 Å². The molecule has 6 nitrogen and oxygen atoms in total. The zero-order chi connectivity index (χ0) is 23.5. The molecule has 1 amide bonds. The van der Waals surface area contributed by atoms with Gasteiger partial charge in [0.15, 0.2) is 0 Å². The summed E-state index contributed by atoms with van der Waals surface area (Å²) < 4.78 is 33.1. The van der Waals surface area contributed by atoms with Gasteiger partial charge in [0.25, 0.3) is 15.9 Å². The fraction of sp³-hybridized carbons (Fsp3) is 0.240. The molecule has 1 N–H and O–H groups in total. The summed E-state index contributed by atoms with van der Waals surface area (Å²) >= 11 is 0. The standard InChI is InChI=1S/C25H28N2O4S/c1-6-31-21-13-11-20(12-14-21)27(5)32(29,30)22-15-10-17(2)23(16-22)25(28)26-24-18(3)8-7-9-19(24)4/h7-16H,6H2,1-5H3,(H,26,28). The van der Waals surface area contributed by atoms with Gasteiger partial charge >= 0.3 is 0 Å². The Morgan fingerprint density at radius 2 is 1.56 bits per heavy atom. The van der Waals surface area contributed by atoms with Gasteiger partial charge in [0, 0.05) is 18.3 Å². The van der Waals surface area contributed by atoms with Crippen LogP contribution in [-0.2, 0) is 10.0 Å². The maximum absolute atomic E-state index is 13.3. The first-order valence-electron chi connectivity index (χ1n) is 10.3. The van der Waals surface area contributed by atoms with E-state index < -0.39 is 10.0 Å². The number of ether oxygens (including phenoxy) is 1. The van der Waals surface area contributed by atoms with Gasteiger partial charge in [0.2, 0.25) is 0 Å². The molecule has 0 saturated heterocycles. The minimum atomic E-state index is -3.87. The number of hydrogen-bond donors (Lipinski definition) is 1. The molecule has 0 fully saturated rings. The number of carbonyl (C=O) groups excluding carboxylic acids is 1. The Labute approximate surface area is 189 Å². The zero-order valence-corrected chi connectivity index (χ0v) is 19.8. The molecule has 0 aliphatic rings. The van der Waals surface area contributed by atoms with Crippen LogP contribution >= 0.6 is 0 Å². The van der Waals surface area contributed by atoms with Crippen LogP contribution in [0.25, 0.3) is 0 Å². The topological polar surface area (TPSA) is 75.7 Å². The van der Waals surface area contributed by atoms with Crippen LogP contribution in [0, 0.1) is 20.8 Å². The summed E-state index contributed by atoms with van der Waals surface area (Å²) in [5.74, 6) is 0.323. The summed E-state index contributed by atoms with van der Waals surface area (Å²) in [5, 5.41) is 2.93. The molecule has 168 valence electrons. The van der Waals surface area contributed by atoms with E-state index in [0.717, 1.165) is 16.8 Å². The van der Waals surface area contributed by atoms with Crippen molar-refractivity contribution >= 4 is 27.3 Å². The lowest BCUT2D eigenvalue weighted by molar-refractivity contribution is 0.102. The van der Waals surface area contributed by atoms with Crippen molar-refractivity contribution in [2.45, 2.75) is 32.6 Å². The van der Waals surface area contributed by atoms with Crippen molar-refractivity contribution in [1.29, 1.82) is 0 Å². The van der Waals surface area contributed by atoms with Gasteiger partial charge in [0.1, 0.15) is 5.75 Å². The first-order chi connectivity index (χ1) is 15.1. The third-order valence-electron chi connectivity index (χ3n) is 5.34. The number of hydrogen-bond acceptors (Lipinski definition) is 4. The molecule has 0 atom stereocenters. The van der Waals surface area contributed by atoms with Crippen molar-refractivity contribution in [2.24, 2.45) is 0 Å². The molecule has 0 bridgehead atoms. The Hall–Kier alpha value is -3.32. The lowest BCUT2D eigenvalue weighted by Gasteiger charge is -2.21. The van der Waals surface area contributed by atoms with Gasteiger partial charge in [-0.3, -0.25) is 9.10 Å². The van der Waals surface area contributed by atoms with Crippen molar-refractivity contribution in [3.63, 3.8) is 0 Å². The van der Waals surface area contributed by atoms with Gasteiger partial charge < -0.3 is 10.1 Å². The van der Waals surface area contributed by atoms with Crippen LogP contribution in [-0.4, -0.2) is 28.0 Å². The Bertz CT molecular complexity index is 1220. The number of anilines is 2. The van der Waals surface area contributed by atoms with Crippen LogP contribution in [0.4, 0.5) is 11.4 Å². The molecule has 0 spiro atoms. The number of rotatable bonds is 7. The second kappa shape index (κ2) is 9.44. The number of benzene rings is 3. The maximum Gasteiger partial charge on any atom is 0.264 e. The number of aryl methyl sites for hydroxylation is 3. The van der Waals surface area contributed by atoms with E-state index in [4.69, 9.17) is 4.74 Å². The number of carbonyl (C=O) groups is 1. The van der Waals surface area contributed by atoms with E-state index in [0.29, 0.717) is 29.2 Å². The van der Waals surface area contributed by atoms with E-state index in [2.05, 4.69) is 5.32 Å². The summed E-state index contributed by atoms with van der Waals surface area (Å²) in [5.41, 5.74) is 4.11. The summed E-state index contributed by atoms with van der Waals surface area (Å²) in [7, 11) is -2.38. The van der Waals surface area contributed by atoms with Crippen LogP contribution in [0.5, 0.6) is 5.75 Å². The van der Waals surface area contributed by atoms with E-state index >= 15 is 0 Å². The molecule has 3 aromatic rings. The van der Waals surface area contributed by atoms with Crippen molar-refractivity contribution < 1.29 is 17.9 Å². The smallest absolute Gasteiger partial charge is 0.264 e. The summed E-state index contributed by atoms with van der Waals surface area (Å²) in [6.07, 6.45) is 0. The molecule has 0 aliphatic carbocycles. The molecule has 3 aromatic carbocycles. The average Bonchev–Trinajstić information content (AvgIpc) is 2.76. The second-order valence-electron chi connectivity index (χ2n) is 7.60. The molecule has 0 saturated carbocycles. The summed E-state index contributed by atoms with van der Waals surface area (Å²) in [4.78, 5) is 13.1. The Kier molecular flexibility index (Phi) is 6.89. The highest BCUT2D eigenvalue weighted by molar-refractivity contribution is 7.92. The van der Waals surface area contributed by atoms with Crippen molar-refractivity contribution in [1.82, 2.24) is 0 Å². The largest absolute Gasteiger partial charge is 0.494 e. The first kappa shape index (κ1) is 23.3. The lowest BCUT2D eigenvalue weighted by atomic mass is 10.1. The van der Waals surface area contributed by atoms with Crippen LogP contribution in [0.2, 0.25) is 0 Å². The summed E-state index contributed by atoms with van der Waals surface area (Å²) in [6, 6.07) is 17.2. The maximum atomic E-state index is 13.3. The van der Waals surface area contributed by atoms with Crippen LogP contribution in [0.1, 0.15) is 34.0 Å². The van der Waals surface area contributed by atoms with Crippen LogP contribution < -0.4 is 14.4 Å². The van der Waals surface area contributed by atoms with Gasteiger partial charge in [-0.25, -0.2) is 8.42 Å². The minimum Gasteiger partial charge on any atom is -0.494 e. The van der Waals surface area contributed by atoms with Gasteiger partial charge in [0.05, 0.1) is 17.2 Å².